The third-order valence-corrected chi connectivity index (χ3v) is 4.79. The van der Waals surface area contributed by atoms with Gasteiger partial charge in [0.2, 0.25) is 5.91 Å². The molecule has 0 fully saturated rings. The first-order chi connectivity index (χ1) is 11.4. The summed E-state index contributed by atoms with van der Waals surface area (Å²) in [5, 5.41) is 4.22. The summed E-state index contributed by atoms with van der Waals surface area (Å²) < 4.78 is 1.80. The summed E-state index contributed by atoms with van der Waals surface area (Å²) in [6.45, 7) is 2.91. The van der Waals surface area contributed by atoms with Gasteiger partial charge in [-0.05, 0) is 18.6 Å². The van der Waals surface area contributed by atoms with E-state index in [1.165, 1.54) is 0 Å². The molecule has 2 aromatic rings. The van der Waals surface area contributed by atoms with Gasteiger partial charge in [-0.15, -0.1) is 0 Å². The molecule has 1 atom stereocenters. The summed E-state index contributed by atoms with van der Waals surface area (Å²) in [5.41, 5.74) is 3.52. The van der Waals surface area contributed by atoms with Crippen molar-refractivity contribution in [3.05, 3.63) is 52.8 Å². The van der Waals surface area contributed by atoms with E-state index in [9.17, 15) is 9.59 Å². The highest BCUT2D eigenvalue weighted by molar-refractivity contribution is 6.00. The van der Waals surface area contributed by atoms with E-state index in [0.717, 1.165) is 16.8 Å². The van der Waals surface area contributed by atoms with Crippen molar-refractivity contribution in [2.45, 2.75) is 19.4 Å². The number of rotatable bonds is 3. The summed E-state index contributed by atoms with van der Waals surface area (Å²) in [7, 11) is 5.43. The lowest BCUT2D eigenvalue weighted by Crippen LogP contribution is -2.43. The smallest absolute Gasteiger partial charge is 0.253 e. The molecule has 1 aliphatic rings. The van der Waals surface area contributed by atoms with E-state index in [-0.39, 0.29) is 17.7 Å². The minimum Gasteiger partial charge on any atom is -0.341 e. The number of hydrogen-bond acceptors (Lipinski definition) is 3. The summed E-state index contributed by atoms with van der Waals surface area (Å²) in [4.78, 5) is 28.6. The lowest BCUT2D eigenvalue weighted by molar-refractivity contribution is -0.132. The number of aryl methyl sites for hydroxylation is 1. The van der Waals surface area contributed by atoms with Crippen LogP contribution in [0.15, 0.2) is 30.5 Å². The molecule has 0 bridgehead atoms. The molecular formula is C18H22N4O2. The van der Waals surface area contributed by atoms with Gasteiger partial charge in [0, 0.05) is 51.1 Å². The minimum absolute atomic E-state index is 0.0186. The van der Waals surface area contributed by atoms with Crippen molar-refractivity contribution >= 4 is 11.8 Å². The highest BCUT2D eigenvalue weighted by Gasteiger charge is 2.34. The molecule has 1 unspecified atom stereocenters. The van der Waals surface area contributed by atoms with Crippen LogP contribution in [0.25, 0.3) is 0 Å². The van der Waals surface area contributed by atoms with E-state index in [1.54, 1.807) is 40.8 Å². The summed E-state index contributed by atoms with van der Waals surface area (Å²) in [6.07, 6.45) is 1.80. The summed E-state index contributed by atoms with van der Waals surface area (Å²) >= 11 is 0. The Morgan fingerprint density at radius 1 is 1.33 bits per heavy atom. The van der Waals surface area contributed by atoms with Crippen LogP contribution >= 0.6 is 0 Å². The molecule has 2 amide bonds. The molecule has 6 heteroatoms. The number of nitrogens with zero attached hydrogens (tertiary/aromatic N) is 4. The van der Waals surface area contributed by atoms with Crippen LogP contribution in [-0.2, 0) is 18.4 Å². The molecular weight excluding hydrogens is 304 g/mol. The van der Waals surface area contributed by atoms with Crippen molar-refractivity contribution in [3.63, 3.8) is 0 Å². The topological polar surface area (TPSA) is 58.4 Å². The number of aromatic nitrogens is 2. The number of fused-ring (bicyclic) bond motifs is 1. The molecule has 0 saturated heterocycles. The molecule has 0 aliphatic carbocycles. The standard InChI is InChI=1S/C18H22N4O2/c1-12-13(9-19-22(12)4)10-20(2)18(24)16-11-21(3)17(23)15-8-6-5-7-14(15)16/h5-9,16H,10-11H2,1-4H3. The summed E-state index contributed by atoms with van der Waals surface area (Å²) in [5.74, 6) is -0.337. The van der Waals surface area contributed by atoms with Gasteiger partial charge < -0.3 is 9.80 Å². The molecule has 0 saturated carbocycles. The van der Waals surface area contributed by atoms with Gasteiger partial charge in [-0.3, -0.25) is 14.3 Å². The van der Waals surface area contributed by atoms with Crippen molar-refractivity contribution < 1.29 is 9.59 Å². The highest BCUT2D eigenvalue weighted by atomic mass is 16.2. The van der Waals surface area contributed by atoms with Crippen LogP contribution in [0.2, 0.25) is 0 Å². The molecule has 126 valence electrons. The van der Waals surface area contributed by atoms with Gasteiger partial charge in [-0.2, -0.15) is 5.10 Å². The van der Waals surface area contributed by atoms with Gasteiger partial charge in [0.15, 0.2) is 0 Å². The number of amides is 2. The van der Waals surface area contributed by atoms with Gasteiger partial charge >= 0.3 is 0 Å². The molecule has 1 aromatic heterocycles. The molecule has 6 nitrogen and oxygen atoms in total. The third-order valence-electron chi connectivity index (χ3n) is 4.79. The first-order valence-electron chi connectivity index (χ1n) is 7.97. The van der Waals surface area contributed by atoms with Crippen LogP contribution in [0.5, 0.6) is 0 Å². The van der Waals surface area contributed by atoms with E-state index in [1.807, 2.05) is 32.2 Å². The second-order valence-corrected chi connectivity index (χ2v) is 6.40. The maximum Gasteiger partial charge on any atom is 0.253 e. The molecule has 1 aliphatic heterocycles. The first-order valence-corrected chi connectivity index (χ1v) is 7.97. The van der Waals surface area contributed by atoms with E-state index in [0.29, 0.717) is 18.7 Å². The Morgan fingerprint density at radius 2 is 2.04 bits per heavy atom. The van der Waals surface area contributed by atoms with Crippen LogP contribution in [-0.4, -0.2) is 52.0 Å². The predicted octanol–water partition coefficient (Wildman–Crippen LogP) is 1.56. The Labute approximate surface area is 141 Å². The Hall–Kier alpha value is -2.63. The number of carbonyl (C=O) groups excluding carboxylic acids is 2. The molecule has 3 rings (SSSR count). The molecule has 1 aromatic carbocycles. The Bertz CT molecular complexity index is 796. The average Bonchev–Trinajstić information content (AvgIpc) is 2.89. The van der Waals surface area contributed by atoms with Crippen LogP contribution in [0, 0.1) is 6.92 Å². The normalized spacial score (nSPS) is 16.9. The minimum atomic E-state index is -0.328. The van der Waals surface area contributed by atoms with Gasteiger partial charge in [-0.1, -0.05) is 18.2 Å². The monoisotopic (exact) mass is 326 g/mol. The fourth-order valence-corrected chi connectivity index (χ4v) is 3.17. The lowest BCUT2D eigenvalue weighted by Gasteiger charge is -2.33. The van der Waals surface area contributed by atoms with Crippen LogP contribution in [0.1, 0.15) is 33.1 Å². The van der Waals surface area contributed by atoms with Crippen LogP contribution in [0.3, 0.4) is 0 Å². The first kappa shape index (κ1) is 16.2. The van der Waals surface area contributed by atoms with Crippen molar-refractivity contribution in [1.82, 2.24) is 19.6 Å². The molecule has 0 spiro atoms. The quantitative estimate of drug-likeness (QED) is 0.860. The zero-order valence-electron chi connectivity index (χ0n) is 14.5. The number of benzene rings is 1. The zero-order valence-corrected chi connectivity index (χ0v) is 14.5. The summed E-state index contributed by atoms with van der Waals surface area (Å²) in [6, 6.07) is 7.38. The van der Waals surface area contributed by atoms with Crippen LogP contribution in [0.4, 0.5) is 0 Å². The number of likely N-dealkylation sites (N-methyl/N-ethyl adjacent to an activating group) is 2. The molecule has 0 N–H and O–H groups in total. The average molecular weight is 326 g/mol. The van der Waals surface area contributed by atoms with E-state index in [4.69, 9.17) is 0 Å². The largest absolute Gasteiger partial charge is 0.341 e. The zero-order chi connectivity index (χ0) is 17.4. The predicted molar refractivity (Wildman–Crippen MR) is 90.6 cm³/mol. The van der Waals surface area contributed by atoms with Gasteiger partial charge in [-0.25, -0.2) is 0 Å². The van der Waals surface area contributed by atoms with Gasteiger partial charge in [0.1, 0.15) is 0 Å². The van der Waals surface area contributed by atoms with Crippen LogP contribution < -0.4 is 0 Å². The van der Waals surface area contributed by atoms with Crippen molar-refractivity contribution in [2.24, 2.45) is 7.05 Å². The van der Waals surface area contributed by atoms with Crippen molar-refractivity contribution in [3.8, 4) is 0 Å². The maximum absolute atomic E-state index is 13.0. The third kappa shape index (κ3) is 2.68. The molecule has 0 radical (unpaired) electrons. The maximum atomic E-state index is 13.0. The van der Waals surface area contributed by atoms with E-state index < -0.39 is 0 Å². The molecule has 24 heavy (non-hydrogen) atoms. The van der Waals surface area contributed by atoms with E-state index >= 15 is 0 Å². The van der Waals surface area contributed by atoms with Gasteiger partial charge in [0.25, 0.3) is 5.91 Å². The Kier molecular flexibility index (Phi) is 4.13. The molecule has 2 heterocycles. The van der Waals surface area contributed by atoms with Crippen molar-refractivity contribution in [1.29, 1.82) is 0 Å². The highest BCUT2D eigenvalue weighted by Crippen LogP contribution is 2.29. The Morgan fingerprint density at radius 3 is 2.71 bits per heavy atom. The second kappa shape index (κ2) is 6.11. The SMILES string of the molecule is Cc1c(CN(C)C(=O)C2CN(C)C(=O)c3ccccc32)cnn1C. The van der Waals surface area contributed by atoms with E-state index in [2.05, 4.69) is 5.10 Å². The van der Waals surface area contributed by atoms with Crippen molar-refractivity contribution in [2.75, 3.05) is 20.6 Å². The lowest BCUT2D eigenvalue weighted by atomic mass is 9.88. The fraction of sp³-hybridized carbons (Fsp3) is 0.389. The Balaban J connectivity index is 1.85. The fourth-order valence-electron chi connectivity index (χ4n) is 3.17. The number of carbonyl (C=O) groups is 2. The second-order valence-electron chi connectivity index (χ2n) is 6.40. The number of hydrogen-bond donors (Lipinski definition) is 0. The van der Waals surface area contributed by atoms with Gasteiger partial charge in [0.05, 0.1) is 12.1 Å².